The standard InChI is InChI=1S/C14H20F3NO2/c1-10(2)20-12-6-4-5-11(7-12)13(18-3)8-19-9-14(15,16)17/h4-7,10,13,18H,8-9H2,1-3H3. The van der Waals surface area contributed by atoms with Crippen molar-refractivity contribution in [2.75, 3.05) is 20.3 Å². The highest BCUT2D eigenvalue weighted by Gasteiger charge is 2.28. The molecule has 0 radical (unpaired) electrons. The van der Waals surface area contributed by atoms with Gasteiger partial charge in [0.25, 0.3) is 0 Å². The second-order valence-electron chi connectivity index (χ2n) is 4.71. The Balaban J connectivity index is 2.64. The van der Waals surface area contributed by atoms with Gasteiger partial charge in [-0.05, 0) is 38.6 Å². The first-order valence-corrected chi connectivity index (χ1v) is 6.40. The molecule has 0 bridgehead atoms. The van der Waals surface area contributed by atoms with Crippen LogP contribution in [0.4, 0.5) is 13.2 Å². The van der Waals surface area contributed by atoms with Gasteiger partial charge in [0.15, 0.2) is 0 Å². The molecule has 1 unspecified atom stereocenters. The topological polar surface area (TPSA) is 30.5 Å². The summed E-state index contributed by atoms with van der Waals surface area (Å²) in [6.07, 6.45) is -4.26. The van der Waals surface area contributed by atoms with Crippen LogP contribution in [0.15, 0.2) is 24.3 Å². The number of ether oxygens (including phenoxy) is 2. The number of hydrogen-bond acceptors (Lipinski definition) is 3. The zero-order valence-electron chi connectivity index (χ0n) is 11.8. The molecule has 0 fully saturated rings. The summed E-state index contributed by atoms with van der Waals surface area (Å²) in [5.41, 5.74) is 0.827. The van der Waals surface area contributed by atoms with Gasteiger partial charge >= 0.3 is 6.18 Å². The van der Waals surface area contributed by atoms with Crippen molar-refractivity contribution in [3.63, 3.8) is 0 Å². The molecule has 1 atom stereocenters. The largest absolute Gasteiger partial charge is 0.491 e. The van der Waals surface area contributed by atoms with Crippen molar-refractivity contribution in [1.82, 2.24) is 5.32 Å². The molecule has 0 saturated heterocycles. The van der Waals surface area contributed by atoms with Crippen LogP contribution in [0.25, 0.3) is 0 Å². The van der Waals surface area contributed by atoms with E-state index in [0.29, 0.717) is 5.75 Å². The predicted molar refractivity (Wildman–Crippen MR) is 70.9 cm³/mol. The van der Waals surface area contributed by atoms with Crippen LogP contribution in [-0.2, 0) is 4.74 Å². The Morgan fingerprint density at radius 1 is 1.25 bits per heavy atom. The van der Waals surface area contributed by atoms with Crippen LogP contribution in [-0.4, -0.2) is 32.5 Å². The van der Waals surface area contributed by atoms with Gasteiger partial charge in [0.1, 0.15) is 12.4 Å². The van der Waals surface area contributed by atoms with E-state index in [4.69, 9.17) is 9.47 Å². The third-order valence-electron chi connectivity index (χ3n) is 2.53. The van der Waals surface area contributed by atoms with Crippen molar-refractivity contribution in [3.05, 3.63) is 29.8 Å². The highest BCUT2D eigenvalue weighted by atomic mass is 19.4. The fourth-order valence-electron chi connectivity index (χ4n) is 1.72. The maximum Gasteiger partial charge on any atom is 0.411 e. The van der Waals surface area contributed by atoms with E-state index >= 15 is 0 Å². The monoisotopic (exact) mass is 291 g/mol. The Bertz CT molecular complexity index is 408. The number of halogens is 3. The number of hydrogen-bond donors (Lipinski definition) is 1. The van der Waals surface area contributed by atoms with E-state index < -0.39 is 12.8 Å². The maximum absolute atomic E-state index is 12.1. The van der Waals surface area contributed by atoms with E-state index in [2.05, 4.69) is 5.32 Å². The van der Waals surface area contributed by atoms with Crippen molar-refractivity contribution >= 4 is 0 Å². The zero-order chi connectivity index (χ0) is 15.2. The van der Waals surface area contributed by atoms with Gasteiger partial charge in [-0.25, -0.2) is 0 Å². The molecular weight excluding hydrogens is 271 g/mol. The van der Waals surface area contributed by atoms with Crippen LogP contribution in [0.3, 0.4) is 0 Å². The van der Waals surface area contributed by atoms with Crippen LogP contribution in [0.2, 0.25) is 0 Å². The Kier molecular flexibility index (Phi) is 6.29. The fourth-order valence-corrected chi connectivity index (χ4v) is 1.72. The average molecular weight is 291 g/mol. The molecule has 1 aromatic carbocycles. The molecule has 0 amide bonds. The summed E-state index contributed by atoms with van der Waals surface area (Å²) in [6, 6.07) is 6.94. The number of rotatable bonds is 7. The number of benzene rings is 1. The molecule has 114 valence electrons. The minimum Gasteiger partial charge on any atom is -0.491 e. The summed E-state index contributed by atoms with van der Waals surface area (Å²) in [7, 11) is 1.68. The Morgan fingerprint density at radius 3 is 2.50 bits per heavy atom. The first kappa shape index (κ1) is 16.8. The van der Waals surface area contributed by atoms with Gasteiger partial charge in [0, 0.05) is 0 Å². The van der Waals surface area contributed by atoms with Crippen molar-refractivity contribution < 1.29 is 22.6 Å². The molecule has 0 heterocycles. The summed E-state index contributed by atoms with van der Waals surface area (Å²) in [5.74, 6) is 0.688. The van der Waals surface area contributed by atoms with E-state index in [1.165, 1.54) is 0 Å². The number of nitrogens with one attached hydrogen (secondary N) is 1. The van der Waals surface area contributed by atoms with E-state index in [1.807, 2.05) is 26.0 Å². The quantitative estimate of drug-likeness (QED) is 0.836. The van der Waals surface area contributed by atoms with Gasteiger partial charge in [0.2, 0.25) is 0 Å². The average Bonchev–Trinajstić information content (AvgIpc) is 2.33. The molecule has 1 rings (SSSR count). The van der Waals surface area contributed by atoms with Crippen LogP contribution < -0.4 is 10.1 Å². The smallest absolute Gasteiger partial charge is 0.411 e. The minimum absolute atomic E-state index is 0.0414. The molecule has 0 aromatic heterocycles. The summed E-state index contributed by atoms with van der Waals surface area (Å²) >= 11 is 0. The molecular formula is C14H20F3NO2. The lowest BCUT2D eigenvalue weighted by molar-refractivity contribution is -0.175. The van der Waals surface area contributed by atoms with Gasteiger partial charge in [0.05, 0.1) is 18.8 Å². The summed E-state index contributed by atoms with van der Waals surface area (Å²) in [4.78, 5) is 0. The summed E-state index contributed by atoms with van der Waals surface area (Å²) < 4.78 is 46.4. The van der Waals surface area contributed by atoms with E-state index in [9.17, 15) is 13.2 Å². The van der Waals surface area contributed by atoms with Gasteiger partial charge in [-0.1, -0.05) is 12.1 Å². The van der Waals surface area contributed by atoms with Gasteiger partial charge < -0.3 is 14.8 Å². The fraction of sp³-hybridized carbons (Fsp3) is 0.571. The second-order valence-corrected chi connectivity index (χ2v) is 4.71. The summed E-state index contributed by atoms with van der Waals surface area (Å²) in [6.45, 7) is 2.53. The predicted octanol–water partition coefficient (Wildman–Crippen LogP) is 3.31. The zero-order valence-corrected chi connectivity index (χ0v) is 11.8. The number of alkyl halides is 3. The Morgan fingerprint density at radius 2 is 1.95 bits per heavy atom. The maximum atomic E-state index is 12.1. The molecule has 0 aliphatic carbocycles. The highest BCUT2D eigenvalue weighted by Crippen LogP contribution is 2.21. The molecule has 0 aliphatic rings. The van der Waals surface area contributed by atoms with Crippen molar-refractivity contribution in [2.45, 2.75) is 32.2 Å². The van der Waals surface area contributed by atoms with Crippen LogP contribution in [0.5, 0.6) is 5.75 Å². The molecule has 0 saturated carbocycles. The van der Waals surface area contributed by atoms with Gasteiger partial charge in [-0.15, -0.1) is 0 Å². The van der Waals surface area contributed by atoms with Gasteiger partial charge in [-0.3, -0.25) is 0 Å². The molecule has 3 nitrogen and oxygen atoms in total. The Hall–Kier alpha value is -1.27. The SMILES string of the molecule is CNC(COCC(F)(F)F)c1cccc(OC(C)C)c1. The minimum atomic E-state index is -4.30. The normalized spacial score (nSPS) is 13.6. The molecule has 6 heteroatoms. The van der Waals surface area contributed by atoms with Crippen molar-refractivity contribution in [1.29, 1.82) is 0 Å². The molecule has 0 spiro atoms. The molecule has 1 N–H and O–H groups in total. The third-order valence-corrected chi connectivity index (χ3v) is 2.53. The second kappa shape index (κ2) is 7.50. The third kappa shape index (κ3) is 6.25. The lowest BCUT2D eigenvalue weighted by atomic mass is 10.1. The lowest BCUT2D eigenvalue weighted by Gasteiger charge is -2.19. The molecule has 0 aliphatic heterocycles. The van der Waals surface area contributed by atoms with E-state index in [-0.39, 0.29) is 18.8 Å². The lowest BCUT2D eigenvalue weighted by Crippen LogP contribution is -2.25. The van der Waals surface area contributed by atoms with E-state index in [1.54, 1.807) is 19.2 Å². The van der Waals surface area contributed by atoms with Crippen LogP contribution in [0, 0.1) is 0 Å². The molecule has 20 heavy (non-hydrogen) atoms. The van der Waals surface area contributed by atoms with Crippen molar-refractivity contribution in [3.8, 4) is 5.75 Å². The highest BCUT2D eigenvalue weighted by molar-refractivity contribution is 5.30. The first-order chi connectivity index (χ1) is 9.31. The van der Waals surface area contributed by atoms with Crippen molar-refractivity contribution in [2.24, 2.45) is 0 Å². The Labute approximate surface area is 117 Å². The first-order valence-electron chi connectivity index (χ1n) is 6.40. The van der Waals surface area contributed by atoms with Gasteiger partial charge in [-0.2, -0.15) is 13.2 Å². The van der Waals surface area contributed by atoms with E-state index in [0.717, 1.165) is 5.56 Å². The molecule has 1 aromatic rings. The van der Waals surface area contributed by atoms with Crippen LogP contribution in [0.1, 0.15) is 25.5 Å². The summed E-state index contributed by atoms with van der Waals surface area (Å²) in [5, 5.41) is 2.94. The van der Waals surface area contributed by atoms with Crippen LogP contribution >= 0.6 is 0 Å². The number of likely N-dealkylation sites (N-methyl/N-ethyl adjacent to an activating group) is 1.